The van der Waals surface area contributed by atoms with Crippen molar-refractivity contribution < 1.29 is 4.79 Å². The van der Waals surface area contributed by atoms with Crippen LogP contribution < -0.4 is 5.32 Å². The Balaban J connectivity index is 1.61. The highest BCUT2D eigenvalue weighted by Gasteiger charge is 2.07. The number of benzene rings is 1. The second-order valence-electron chi connectivity index (χ2n) is 4.52. The van der Waals surface area contributed by atoms with Gasteiger partial charge in [-0.1, -0.05) is 30.3 Å². The number of amides is 1. The lowest BCUT2D eigenvalue weighted by molar-refractivity contribution is 0.0949. The number of nitrogens with zero attached hydrogens (tertiary/aromatic N) is 1. The largest absolute Gasteiger partial charge is 0.350 e. The molecule has 4 heteroatoms. The van der Waals surface area contributed by atoms with Gasteiger partial charge in [0.1, 0.15) is 5.69 Å². The van der Waals surface area contributed by atoms with E-state index in [4.69, 9.17) is 0 Å². The number of aromatic nitrogens is 1. The molecule has 2 heterocycles. The number of nitrogens with one attached hydrogen (secondary N) is 1. The number of hydrogen-bond acceptors (Lipinski definition) is 3. The first-order valence-corrected chi connectivity index (χ1v) is 7.36. The predicted octanol–water partition coefficient (Wildman–Crippen LogP) is 3.27. The number of carbonyl (C=O) groups excluding carboxylic acids is 1. The Bertz CT molecular complexity index is 721. The minimum Gasteiger partial charge on any atom is -0.350 e. The SMILES string of the molecule is O=C(NCCc1ccccc1)c1cc2ccsc2cn1. The summed E-state index contributed by atoms with van der Waals surface area (Å²) in [6, 6.07) is 13.9. The van der Waals surface area contributed by atoms with Crippen LogP contribution in [0.1, 0.15) is 16.1 Å². The smallest absolute Gasteiger partial charge is 0.269 e. The molecular formula is C16H14N2OS. The van der Waals surface area contributed by atoms with Crippen LogP contribution in [0.15, 0.2) is 54.0 Å². The van der Waals surface area contributed by atoms with Gasteiger partial charge in [0.2, 0.25) is 0 Å². The van der Waals surface area contributed by atoms with Crippen molar-refractivity contribution in [3.05, 3.63) is 65.3 Å². The van der Waals surface area contributed by atoms with E-state index in [2.05, 4.69) is 22.4 Å². The summed E-state index contributed by atoms with van der Waals surface area (Å²) in [4.78, 5) is 16.2. The van der Waals surface area contributed by atoms with Crippen molar-refractivity contribution in [3.8, 4) is 0 Å². The van der Waals surface area contributed by atoms with Gasteiger partial charge in [-0.3, -0.25) is 4.79 Å². The maximum Gasteiger partial charge on any atom is 0.269 e. The minimum atomic E-state index is -0.117. The molecule has 0 bridgehead atoms. The van der Waals surface area contributed by atoms with Gasteiger partial charge in [-0.15, -0.1) is 11.3 Å². The molecule has 0 saturated heterocycles. The van der Waals surface area contributed by atoms with Gasteiger partial charge in [0.15, 0.2) is 0 Å². The first-order chi connectivity index (χ1) is 9.83. The number of hydrogen-bond donors (Lipinski definition) is 1. The van der Waals surface area contributed by atoms with Crippen molar-refractivity contribution in [2.75, 3.05) is 6.54 Å². The van der Waals surface area contributed by atoms with Crippen molar-refractivity contribution in [3.63, 3.8) is 0 Å². The molecule has 1 amide bonds. The number of pyridine rings is 1. The van der Waals surface area contributed by atoms with Crippen LogP contribution in [-0.4, -0.2) is 17.4 Å². The summed E-state index contributed by atoms with van der Waals surface area (Å²) >= 11 is 1.63. The first kappa shape index (κ1) is 12.8. The quantitative estimate of drug-likeness (QED) is 0.798. The van der Waals surface area contributed by atoms with Crippen molar-refractivity contribution in [2.24, 2.45) is 0 Å². The Labute approximate surface area is 121 Å². The molecule has 20 heavy (non-hydrogen) atoms. The number of carbonyl (C=O) groups is 1. The summed E-state index contributed by atoms with van der Waals surface area (Å²) in [5.74, 6) is -0.117. The molecule has 100 valence electrons. The second-order valence-corrected chi connectivity index (χ2v) is 5.47. The third kappa shape index (κ3) is 2.86. The third-order valence-corrected chi connectivity index (χ3v) is 3.98. The molecule has 1 aromatic carbocycles. The fourth-order valence-corrected chi connectivity index (χ4v) is 2.79. The molecule has 0 saturated carbocycles. The summed E-state index contributed by atoms with van der Waals surface area (Å²) in [5, 5.41) is 5.98. The van der Waals surface area contributed by atoms with E-state index in [0.717, 1.165) is 16.5 Å². The van der Waals surface area contributed by atoms with Crippen LogP contribution in [0.4, 0.5) is 0 Å². The average Bonchev–Trinajstić information content (AvgIpc) is 2.95. The van der Waals surface area contributed by atoms with Gasteiger partial charge in [0, 0.05) is 12.7 Å². The third-order valence-electron chi connectivity index (χ3n) is 3.11. The Morgan fingerprint density at radius 3 is 2.90 bits per heavy atom. The van der Waals surface area contributed by atoms with Crippen LogP contribution in [-0.2, 0) is 6.42 Å². The van der Waals surface area contributed by atoms with Crippen LogP contribution in [0.5, 0.6) is 0 Å². The predicted molar refractivity (Wildman–Crippen MR) is 82.1 cm³/mol. The van der Waals surface area contributed by atoms with E-state index < -0.39 is 0 Å². The molecular weight excluding hydrogens is 268 g/mol. The molecule has 0 aliphatic rings. The van der Waals surface area contributed by atoms with Crippen molar-refractivity contribution in [1.29, 1.82) is 0 Å². The fourth-order valence-electron chi connectivity index (χ4n) is 2.05. The Kier molecular flexibility index (Phi) is 3.74. The maximum absolute atomic E-state index is 12.0. The molecule has 0 radical (unpaired) electrons. The van der Waals surface area contributed by atoms with Crippen molar-refractivity contribution >= 4 is 27.3 Å². The van der Waals surface area contributed by atoms with E-state index >= 15 is 0 Å². The zero-order chi connectivity index (χ0) is 13.8. The molecule has 0 aliphatic carbocycles. The Morgan fingerprint density at radius 1 is 1.20 bits per heavy atom. The van der Waals surface area contributed by atoms with Crippen LogP contribution >= 0.6 is 11.3 Å². The first-order valence-electron chi connectivity index (χ1n) is 6.48. The van der Waals surface area contributed by atoms with Crippen molar-refractivity contribution in [2.45, 2.75) is 6.42 Å². The van der Waals surface area contributed by atoms with Gasteiger partial charge in [0.05, 0.1) is 4.70 Å². The number of thiophene rings is 1. The van der Waals surface area contributed by atoms with E-state index in [1.165, 1.54) is 5.56 Å². The van der Waals surface area contributed by atoms with Crippen LogP contribution in [0, 0.1) is 0 Å². The molecule has 3 aromatic rings. The number of rotatable bonds is 4. The standard InChI is InChI=1S/C16H14N2OS/c19-16(17-8-6-12-4-2-1-3-5-12)14-10-13-7-9-20-15(13)11-18-14/h1-5,7,9-11H,6,8H2,(H,17,19). The monoisotopic (exact) mass is 282 g/mol. The van der Waals surface area contributed by atoms with Gasteiger partial charge >= 0.3 is 0 Å². The summed E-state index contributed by atoms with van der Waals surface area (Å²) in [6.45, 7) is 0.617. The molecule has 0 spiro atoms. The van der Waals surface area contributed by atoms with E-state index in [1.54, 1.807) is 17.5 Å². The highest BCUT2D eigenvalue weighted by molar-refractivity contribution is 7.17. The molecule has 0 fully saturated rings. The van der Waals surface area contributed by atoms with Crippen molar-refractivity contribution in [1.82, 2.24) is 10.3 Å². The van der Waals surface area contributed by atoms with Gasteiger partial charge in [-0.05, 0) is 34.9 Å². The topological polar surface area (TPSA) is 42.0 Å². The molecule has 0 unspecified atom stereocenters. The Hall–Kier alpha value is -2.20. The minimum absolute atomic E-state index is 0.117. The highest BCUT2D eigenvalue weighted by atomic mass is 32.1. The van der Waals surface area contributed by atoms with Gasteiger partial charge < -0.3 is 5.32 Å². The highest BCUT2D eigenvalue weighted by Crippen LogP contribution is 2.19. The normalized spacial score (nSPS) is 10.6. The summed E-state index contributed by atoms with van der Waals surface area (Å²) in [7, 11) is 0. The Morgan fingerprint density at radius 2 is 2.05 bits per heavy atom. The van der Waals surface area contributed by atoms with E-state index in [-0.39, 0.29) is 5.91 Å². The van der Waals surface area contributed by atoms with Gasteiger partial charge in [-0.2, -0.15) is 0 Å². The van der Waals surface area contributed by atoms with Gasteiger partial charge in [0.25, 0.3) is 5.91 Å². The summed E-state index contributed by atoms with van der Waals surface area (Å²) < 4.78 is 1.10. The molecule has 2 aromatic heterocycles. The fraction of sp³-hybridized carbons (Fsp3) is 0.125. The summed E-state index contributed by atoms with van der Waals surface area (Å²) in [5.41, 5.74) is 1.69. The molecule has 3 nitrogen and oxygen atoms in total. The molecule has 1 N–H and O–H groups in total. The lowest BCUT2D eigenvalue weighted by Gasteiger charge is -2.05. The van der Waals surface area contributed by atoms with Crippen LogP contribution in [0.2, 0.25) is 0 Å². The van der Waals surface area contributed by atoms with Gasteiger partial charge in [-0.25, -0.2) is 4.98 Å². The van der Waals surface area contributed by atoms with E-state index in [9.17, 15) is 4.79 Å². The van der Waals surface area contributed by atoms with Crippen LogP contribution in [0.25, 0.3) is 10.1 Å². The maximum atomic E-state index is 12.0. The van der Waals surface area contributed by atoms with E-state index in [1.807, 2.05) is 35.7 Å². The molecule has 0 atom stereocenters. The zero-order valence-electron chi connectivity index (χ0n) is 10.9. The average molecular weight is 282 g/mol. The van der Waals surface area contributed by atoms with E-state index in [0.29, 0.717) is 12.2 Å². The molecule has 0 aliphatic heterocycles. The lowest BCUT2D eigenvalue weighted by atomic mass is 10.1. The lowest BCUT2D eigenvalue weighted by Crippen LogP contribution is -2.26. The summed E-state index contributed by atoms with van der Waals surface area (Å²) in [6.07, 6.45) is 2.58. The van der Waals surface area contributed by atoms with Crippen LogP contribution in [0.3, 0.4) is 0 Å². The zero-order valence-corrected chi connectivity index (χ0v) is 11.7. The molecule has 3 rings (SSSR count). The number of fused-ring (bicyclic) bond motifs is 1. The second kappa shape index (κ2) is 5.84.